The number of carboxylic acid groups (broad SMARTS) is 1. The predicted octanol–water partition coefficient (Wildman–Crippen LogP) is 4.53. The minimum atomic E-state index is -0.805. The lowest BCUT2D eigenvalue weighted by atomic mass is 10.1. The summed E-state index contributed by atoms with van der Waals surface area (Å²) in [6.45, 7) is 2.73. The number of nitrogens with one attached hydrogen (secondary N) is 1. The summed E-state index contributed by atoms with van der Waals surface area (Å²) in [4.78, 5) is 12.6. The predicted molar refractivity (Wildman–Crippen MR) is 87.4 cm³/mol. The molecular formula is C15H15Cl2NO2S. The van der Waals surface area contributed by atoms with E-state index in [-0.39, 0.29) is 12.5 Å². The van der Waals surface area contributed by atoms with E-state index in [1.54, 1.807) is 6.07 Å². The van der Waals surface area contributed by atoms with Crippen LogP contribution in [0.2, 0.25) is 10.0 Å². The number of carbonyl (C=O) groups is 1. The molecule has 1 unspecified atom stereocenters. The van der Waals surface area contributed by atoms with Crippen molar-refractivity contribution in [3.8, 4) is 0 Å². The fraction of sp³-hybridized carbons (Fsp3) is 0.267. The van der Waals surface area contributed by atoms with Gasteiger partial charge in [-0.1, -0.05) is 29.3 Å². The van der Waals surface area contributed by atoms with Gasteiger partial charge in [-0.2, -0.15) is 0 Å². The Morgan fingerprint density at radius 3 is 2.62 bits per heavy atom. The van der Waals surface area contributed by atoms with Crippen LogP contribution in [0, 0.1) is 0 Å². The van der Waals surface area contributed by atoms with Crippen molar-refractivity contribution in [2.75, 3.05) is 0 Å². The molecule has 0 bridgehead atoms. The molecule has 1 aromatic heterocycles. The Labute approximate surface area is 137 Å². The molecule has 6 heteroatoms. The lowest BCUT2D eigenvalue weighted by molar-refractivity contribution is -0.136. The fourth-order valence-corrected chi connectivity index (χ4v) is 3.18. The van der Waals surface area contributed by atoms with Crippen molar-refractivity contribution in [3.63, 3.8) is 0 Å². The van der Waals surface area contributed by atoms with Gasteiger partial charge in [0.1, 0.15) is 0 Å². The number of rotatable bonds is 6. The third kappa shape index (κ3) is 4.71. The van der Waals surface area contributed by atoms with Gasteiger partial charge in [-0.05, 0) is 36.8 Å². The Hall–Kier alpha value is -1.07. The lowest BCUT2D eigenvalue weighted by Gasteiger charge is -2.14. The third-order valence-electron chi connectivity index (χ3n) is 3.07. The summed E-state index contributed by atoms with van der Waals surface area (Å²) in [5.41, 5.74) is 1.06. The van der Waals surface area contributed by atoms with Crippen LogP contribution in [-0.2, 0) is 17.8 Å². The van der Waals surface area contributed by atoms with E-state index in [9.17, 15) is 4.79 Å². The van der Waals surface area contributed by atoms with Crippen LogP contribution in [-0.4, -0.2) is 11.1 Å². The highest BCUT2D eigenvalue weighted by Gasteiger charge is 2.09. The van der Waals surface area contributed by atoms with E-state index in [4.69, 9.17) is 28.3 Å². The van der Waals surface area contributed by atoms with Crippen molar-refractivity contribution in [2.24, 2.45) is 0 Å². The quantitative estimate of drug-likeness (QED) is 0.809. The first-order valence-electron chi connectivity index (χ1n) is 6.43. The number of halogens is 2. The van der Waals surface area contributed by atoms with Crippen molar-refractivity contribution in [1.82, 2.24) is 5.32 Å². The van der Waals surface area contributed by atoms with Crippen LogP contribution >= 0.6 is 34.5 Å². The largest absolute Gasteiger partial charge is 0.481 e. The molecule has 0 amide bonds. The maximum Gasteiger partial charge on any atom is 0.308 e. The fourth-order valence-electron chi connectivity index (χ4n) is 1.91. The van der Waals surface area contributed by atoms with Crippen LogP contribution in [0.3, 0.4) is 0 Å². The SMILES string of the molecule is CC(NCc1ccc(CC(=O)O)s1)c1ccc(Cl)c(Cl)c1. The van der Waals surface area contributed by atoms with Gasteiger partial charge < -0.3 is 10.4 Å². The zero-order chi connectivity index (χ0) is 15.4. The highest BCUT2D eigenvalue weighted by atomic mass is 35.5. The molecule has 0 fully saturated rings. The summed E-state index contributed by atoms with van der Waals surface area (Å²) in [6, 6.07) is 9.52. The summed E-state index contributed by atoms with van der Waals surface area (Å²) in [7, 11) is 0. The Morgan fingerprint density at radius 2 is 1.95 bits per heavy atom. The Kier molecular flexibility index (Phi) is 5.65. The Balaban J connectivity index is 1.94. The second-order valence-corrected chi connectivity index (χ2v) is 6.78. The van der Waals surface area contributed by atoms with Gasteiger partial charge >= 0.3 is 5.97 Å². The molecule has 112 valence electrons. The van der Waals surface area contributed by atoms with Crippen LogP contribution < -0.4 is 5.32 Å². The van der Waals surface area contributed by atoms with E-state index in [0.717, 1.165) is 15.3 Å². The maximum atomic E-state index is 10.7. The van der Waals surface area contributed by atoms with Gasteiger partial charge in [0.05, 0.1) is 16.5 Å². The van der Waals surface area contributed by atoms with Crippen LogP contribution in [0.5, 0.6) is 0 Å². The molecule has 1 heterocycles. The molecule has 1 aromatic carbocycles. The molecule has 0 saturated carbocycles. The van der Waals surface area contributed by atoms with Gasteiger partial charge in [-0.25, -0.2) is 0 Å². The monoisotopic (exact) mass is 343 g/mol. The van der Waals surface area contributed by atoms with Crippen molar-refractivity contribution in [3.05, 3.63) is 55.7 Å². The summed E-state index contributed by atoms with van der Waals surface area (Å²) in [5.74, 6) is -0.805. The molecule has 2 N–H and O–H groups in total. The molecule has 0 saturated heterocycles. The van der Waals surface area contributed by atoms with Crippen LogP contribution in [0.25, 0.3) is 0 Å². The maximum absolute atomic E-state index is 10.7. The van der Waals surface area contributed by atoms with Crippen LogP contribution in [0.15, 0.2) is 30.3 Å². The topological polar surface area (TPSA) is 49.3 Å². The van der Waals surface area contributed by atoms with Gasteiger partial charge in [-0.15, -0.1) is 11.3 Å². The first kappa shape index (κ1) is 16.3. The van der Waals surface area contributed by atoms with E-state index in [2.05, 4.69) is 5.32 Å². The molecule has 0 radical (unpaired) electrons. The van der Waals surface area contributed by atoms with E-state index < -0.39 is 5.97 Å². The zero-order valence-corrected chi connectivity index (χ0v) is 13.7. The number of benzene rings is 1. The van der Waals surface area contributed by atoms with Crippen molar-refractivity contribution >= 4 is 40.5 Å². The number of hydrogen-bond donors (Lipinski definition) is 2. The minimum Gasteiger partial charge on any atom is -0.481 e. The van der Waals surface area contributed by atoms with Gasteiger partial charge in [0.25, 0.3) is 0 Å². The van der Waals surface area contributed by atoms with Gasteiger partial charge in [0.15, 0.2) is 0 Å². The summed E-state index contributed by atoms with van der Waals surface area (Å²) >= 11 is 13.4. The average molecular weight is 344 g/mol. The van der Waals surface area contributed by atoms with Crippen molar-refractivity contribution in [1.29, 1.82) is 0 Å². The molecule has 2 aromatic rings. The number of aliphatic carboxylic acids is 1. The van der Waals surface area contributed by atoms with Crippen molar-refractivity contribution < 1.29 is 9.90 Å². The average Bonchev–Trinajstić information content (AvgIpc) is 2.86. The highest BCUT2D eigenvalue weighted by molar-refractivity contribution is 7.12. The molecule has 1 atom stereocenters. The lowest BCUT2D eigenvalue weighted by Crippen LogP contribution is -2.17. The first-order chi connectivity index (χ1) is 9.95. The van der Waals surface area contributed by atoms with Gasteiger partial charge in [0, 0.05) is 22.3 Å². The second-order valence-electron chi connectivity index (χ2n) is 4.71. The van der Waals surface area contributed by atoms with Crippen molar-refractivity contribution in [2.45, 2.75) is 25.9 Å². The standard InChI is InChI=1S/C15H15Cl2NO2S/c1-9(10-2-5-13(16)14(17)6-10)18-8-12-4-3-11(21-12)7-15(19)20/h2-6,9,18H,7-8H2,1H3,(H,19,20). The van der Waals surface area contributed by atoms with Gasteiger partial charge in [0.2, 0.25) is 0 Å². The van der Waals surface area contributed by atoms with E-state index in [0.29, 0.717) is 16.6 Å². The summed E-state index contributed by atoms with van der Waals surface area (Å²) in [5, 5.41) is 13.2. The second kappa shape index (κ2) is 7.27. The summed E-state index contributed by atoms with van der Waals surface area (Å²) in [6.07, 6.45) is 0.0764. The van der Waals surface area contributed by atoms with Gasteiger partial charge in [-0.3, -0.25) is 4.79 Å². The summed E-state index contributed by atoms with van der Waals surface area (Å²) < 4.78 is 0. The van der Waals surface area contributed by atoms with Crippen LogP contribution in [0.4, 0.5) is 0 Å². The molecular weight excluding hydrogens is 329 g/mol. The molecule has 0 aliphatic heterocycles. The number of hydrogen-bond acceptors (Lipinski definition) is 3. The molecule has 2 rings (SSSR count). The number of thiophene rings is 1. The minimum absolute atomic E-state index is 0.0764. The normalized spacial score (nSPS) is 12.3. The van der Waals surface area contributed by atoms with E-state index >= 15 is 0 Å². The first-order valence-corrected chi connectivity index (χ1v) is 8.00. The van der Waals surface area contributed by atoms with Crippen LogP contribution in [0.1, 0.15) is 28.3 Å². The smallest absolute Gasteiger partial charge is 0.308 e. The zero-order valence-electron chi connectivity index (χ0n) is 11.4. The number of carboxylic acids is 1. The Morgan fingerprint density at radius 1 is 1.24 bits per heavy atom. The van der Waals surface area contributed by atoms with E-state index in [1.165, 1.54) is 11.3 Å². The van der Waals surface area contributed by atoms with E-state index in [1.807, 2.05) is 31.2 Å². The molecule has 0 spiro atoms. The molecule has 21 heavy (non-hydrogen) atoms. The Bertz CT molecular complexity index is 642. The highest BCUT2D eigenvalue weighted by Crippen LogP contribution is 2.26. The molecule has 0 aliphatic rings. The molecule has 0 aliphatic carbocycles. The third-order valence-corrected chi connectivity index (χ3v) is 4.89. The molecule has 3 nitrogen and oxygen atoms in total.